The molecule has 1 N–H and O–H groups in total. The van der Waals surface area contributed by atoms with E-state index in [-0.39, 0.29) is 5.56 Å². The molecule has 1 aliphatic heterocycles. The fraction of sp³-hybridized carbons (Fsp3) is 0.231. The topological polar surface area (TPSA) is 76.8 Å². The summed E-state index contributed by atoms with van der Waals surface area (Å²) in [6, 6.07) is 19.5. The third kappa shape index (κ3) is 4.06. The van der Waals surface area contributed by atoms with E-state index in [1.54, 1.807) is 62.4 Å². The SMILES string of the molecule is Cc1ccc(N2C(=O)N(c3ccc(C#N)cc3)C(C)(C)C2(O)c2cccc(OC(F)(F)F)c2)cc1. The van der Waals surface area contributed by atoms with Gasteiger partial charge in [0.2, 0.25) is 0 Å². The Hall–Kier alpha value is -4.03. The van der Waals surface area contributed by atoms with Gasteiger partial charge in [0.05, 0.1) is 17.2 Å². The molecule has 0 saturated carbocycles. The van der Waals surface area contributed by atoms with Gasteiger partial charge < -0.3 is 9.84 Å². The first-order valence-corrected chi connectivity index (χ1v) is 10.7. The predicted molar refractivity (Wildman–Crippen MR) is 124 cm³/mol. The number of aliphatic hydroxyl groups is 1. The molecular weight excluding hydrogens is 459 g/mol. The van der Waals surface area contributed by atoms with E-state index in [1.807, 2.05) is 13.0 Å². The van der Waals surface area contributed by atoms with Crippen molar-refractivity contribution in [3.05, 3.63) is 89.5 Å². The van der Waals surface area contributed by atoms with Crippen molar-refractivity contribution in [1.82, 2.24) is 0 Å². The Morgan fingerprint density at radius 1 is 0.943 bits per heavy atom. The van der Waals surface area contributed by atoms with Crippen molar-refractivity contribution in [2.24, 2.45) is 0 Å². The molecule has 1 heterocycles. The lowest BCUT2D eigenvalue weighted by Gasteiger charge is -2.42. The van der Waals surface area contributed by atoms with Crippen LogP contribution in [0, 0.1) is 18.3 Å². The highest BCUT2D eigenvalue weighted by molar-refractivity contribution is 6.09. The number of nitriles is 1. The maximum atomic E-state index is 13.9. The van der Waals surface area contributed by atoms with Crippen LogP contribution in [0.3, 0.4) is 0 Å². The molecule has 180 valence electrons. The minimum atomic E-state index is -4.92. The lowest BCUT2D eigenvalue weighted by Crippen LogP contribution is -2.56. The van der Waals surface area contributed by atoms with Crippen LogP contribution in [-0.4, -0.2) is 23.0 Å². The van der Waals surface area contributed by atoms with Crippen molar-refractivity contribution in [2.45, 2.75) is 38.4 Å². The van der Waals surface area contributed by atoms with Crippen molar-refractivity contribution in [3.8, 4) is 11.8 Å². The lowest BCUT2D eigenvalue weighted by atomic mass is 9.83. The zero-order valence-corrected chi connectivity index (χ0v) is 19.2. The number of carbonyl (C=O) groups excluding carboxylic acids is 1. The number of halogens is 3. The van der Waals surface area contributed by atoms with Crippen LogP contribution in [0.2, 0.25) is 0 Å². The average molecular weight is 481 g/mol. The minimum absolute atomic E-state index is 0.0364. The number of rotatable bonds is 4. The third-order valence-corrected chi connectivity index (χ3v) is 6.14. The number of ether oxygens (including phenoxy) is 1. The molecule has 1 fully saturated rings. The Morgan fingerprint density at radius 3 is 2.09 bits per heavy atom. The van der Waals surface area contributed by atoms with Crippen LogP contribution in [0.15, 0.2) is 72.8 Å². The molecule has 0 aliphatic carbocycles. The zero-order chi connectivity index (χ0) is 25.6. The van der Waals surface area contributed by atoms with Crippen LogP contribution in [0.5, 0.6) is 5.75 Å². The summed E-state index contributed by atoms with van der Waals surface area (Å²) in [6.07, 6.45) is -4.92. The first-order valence-electron chi connectivity index (χ1n) is 10.7. The number of hydrogen-bond acceptors (Lipinski definition) is 4. The van der Waals surface area contributed by atoms with Crippen LogP contribution in [-0.2, 0) is 5.72 Å². The highest BCUT2D eigenvalue weighted by Crippen LogP contribution is 2.51. The Morgan fingerprint density at radius 2 is 1.51 bits per heavy atom. The van der Waals surface area contributed by atoms with Crippen LogP contribution < -0.4 is 14.5 Å². The maximum absolute atomic E-state index is 13.9. The second kappa shape index (κ2) is 8.32. The Balaban J connectivity index is 1.92. The second-order valence-corrected chi connectivity index (χ2v) is 8.75. The molecule has 1 saturated heterocycles. The molecule has 1 atom stereocenters. The normalized spacial score (nSPS) is 19.5. The molecule has 4 rings (SSSR count). The quantitative estimate of drug-likeness (QED) is 0.508. The van der Waals surface area contributed by atoms with E-state index in [0.29, 0.717) is 16.9 Å². The second-order valence-electron chi connectivity index (χ2n) is 8.75. The summed E-state index contributed by atoms with van der Waals surface area (Å²) in [5.41, 5.74) is -1.36. The van der Waals surface area contributed by atoms with Gasteiger partial charge in [-0.25, -0.2) is 4.79 Å². The molecule has 6 nitrogen and oxygen atoms in total. The molecule has 3 aromatic carbocycles. The number of carbonyl (C=O) groups is 1. The van der Waals surface area contributed by atoms with Crippen molar-refractivity contribution >= 4 is 17.4 Å². The number of benzene rings is 3. The molecule has 0 spiro atoms. The first-order chi connectivity index (χ1) is 16.4. The number of hydrogen-bond donors (Lipinski definition) is 1. The monoisotopic (exact) mass is 481 g/mol. The molecule has 2 amide bonds. The van der Waals surface area contributed by atoms with Crippen LogP contribution in [0.25, 0.3) is 0 Å². The van der Waals surface area contributed by atoms with Gasteiger partial charge in [-0.05, 0) is 69.3 Å². The highest BCUT2D eigenvalue weighted by atomic mass is 19.4. The Labute approximate surface area is 200 Å². The number of urea groups is 1. The summed E-state index contributed by atoms with van der Waals surface area (Å²) in [4.78, 5) is 16.4. The zero-order valence-electron chi connectivity index (χ0n) is 19.2. The number of alkyl halides is 3. The van der Waals surface area contributed by atoms with Crippen molar-refractivity contribution in [2.75, 3.05) is 9.80 Å². The molecule has 1 unspecified atom stereocenters. The number of amides is 2. The van der Waals surface area contributed by atoms with E-state index in [4.69, 9.17) is 5.26 Å². The highest BCUT2D eigenvalue weighted by Gasteiger charge is 2.64. The third-order valence-electron chi connectivity index (χ3n) is 6.14. The standard InChI is InChI=1S/C26H22F3N3O3/c1-17-7-11-21(12-8-17)32-23(33)31(20-13-9-18(16-30)10-14-20)24(2,3)25(32,34)19-5-4-6-22(15-19)35-26(27,28)29/h4-15,34H,1-3H3. The van der Waals surface area contributed by atoms with Gasteiger partial charge in [0.1, 0.15) is 5.75 Å². The molecular formula is C26H22F3N3O3. The van der Waals surface area contributed by atoms with Gasteiger partial charge in [0.25, 0.3) is 0 Å². The average Bonchev–Trinajstić information content (AvgIpc) is 2.95. The van der Waals surface area contributed by atoms with Gasteiger partial charge in [0.15, 0.2) is 5.72 Å². The summed E-state index contributed by atoms with van der Waals surface area (Å²) in [6.45, 7) is 5.11. The molecule has 9 heteroatoms. The summed E-state index contributed by atoms with van der Waals surface area (Å²) in [5.74, 6) is -0.521. The predicted octanol–water partition coefficient (Wildman–Crippen LogP) is 5.84. The smallest absolute Gasteiger partial charge is 0.406 e. The van der Waals surface area contributed by atoms with E-state index < -0.39 is 29.4 Å². The summed E-state index contributed by atoms with van der Waals surface area (Å²) >= 11 is 0. The fourth-order valence-corrected chi connectivity index (χ4v) is 4.41. The van der Waals surface area contributed by atoms with Crippen molar-refractivity contribution in [1.29, 1.82) is 5.26 Å². The van der Waals surface area contributed by atoms with Gasteiger partial charge >= 0.3 is 12.4 Å². The largest absolute Gasteiger partial charge is 0.573 e. The summed E-state index contributed by atoms with van der Waals surface area (Å²) in [5, 5.41) is 21.4. The van der Waals surface area contributed by atoms with Gasteiger partial charge in [-0.2, -0.15) is 5.26 Å². The van der Waals surface area contributed by atoms with E-state index >= 15 is 0 Å². The minimum Gasteiger partial charge on any atom is -0.406 e. The molecule has 1 aliphatic rings. The summed E-state index contributed by atoms with van der Waals surface area (Å²) < 4.78 is 42.8. The van der Waals surface area contributed by atoms with E-state index in [2.05, 4.69) is 4.74 Å². The molecule has 0 radical (unpaired) electrons. The fourth-order valence-electron chi connectivity index (χ4n) is 4.41. The number of anilines is 2. The van der Waals surface area contributed by atoms with Crippen LogP contribution in [0.1, 0.15) is 30.5 Å². The van der Waals surface area contributed by atoms with E-state index in [0.717, 1.165) is 22.6 Å². The van der Waals surface area contributed by atoms with E-state index in [1.165, 1.54) is 17.0 Å². The van der Waals surface area contributed by atoms with Gasteiger partial charge in [-0.15, -0.1) is 13.2 Å². The van der Waals surface area contributed by atoms with Crippen molar-refractivity contribution < 1.29 is 27.8 Å². The maximum Gasteiger partial charge on any atom is 0.573 e. The Bertz CT molecular complexity index is 1300. The van der Waals surface area contributed by atoms with Crippen molar-refractivity contribution in [3.63, 3.8) is 0 Å². The van der Waals surface area contributed by atoms with Gasteiger partial charge in [-0.3, -0.25) is 9.80 Å². The molecule has 0 aromatic heterocycles. The molecule has 0 bridgehead atoms. The number of aryl methyl sites for hydroxylation is 1. The van der Waals surface area contributed by atoms with Crippen LogP contribution >= 0.6 is 0 Å². The van der Waals surface area contributed by atoms with Crippen LogP contribution in [0.4, 0.5) is 29.3 Å². The molecule has 35 heavy (non-hydrogen) atoms. The lowest BCUT2D eigenvalue weighted by molar-refractivity contribution is -0.274. The Kier molecular flexibility index (Phi) is 5.73. The summed E-state index contributed by atoms with van der Waals surface area (Å²) in [7, 11) is 0. The van der Waals surface area contributed by atoms with Gasteiger partial charge in [-0.1, -0.05) is 29.8 Å². The number of nitrogens with zero attached hydrogens (tertiary/aromatic N) is 3. The van der Waals surface area contributed by atoms with Gasteiger partial charge in [0, 0.05) is 16.9 Å². The van der Waals surface area contributed by atoms with E-state index in [9.17, 15) is 23.1 Å². The first kappa shape index (κ1) is 24.1. The molecule has 3 aromatic rings.